The van der Waals surface area contributed by atoms with E-state index in [0.29, 0.717) is 37.1 Å². The third-order valence-corrected chi connectivity index (χ3v) is 4.09. The van der Waals surface area contributed by atoms with Gasteiger partial charge in [-0.05, 0) is 25.8 Å². The second kappa shape index (κ2) is 5.69. The Kier molecular flexibility index (Phi) is 3.53. The molecule has 3 heterocycles. The van der Waals surface area contributed by atoms with Crippen LogP contribution in [0.2, 0.25) is 0 Å². The van der Waals surface area contributed by atoms with Crippen LogP contribution in [-0.2, 0) is 4.74 Å². The zero-order valence-electron chi connectivity index (χ0n) is 12.9. The van der Waals surface area contributed by atoms with Crippen molar-refractivity contribution in [3.8, 4) is 0 Å². The second-order valence-corrected chi connectivity index (χ2v) is 5.96. The number of nitrogens with one attached hydrogen (secondary N) is 1. The number of carbonyl (C=O) groups excluding carboxylic acids is 1. The van der Waals surface area contributed by atoms with Gasteiger partial charge >= 0.3 is 0 Å². The smallest absolute Gasteiger partial charge is 0.272 e. The van der Waals surface area contributed by atoms with E-state index in [1.165, 1.54) is 0 Å². The number of nitrogens with zero attached hydrogens (tertiary/aromatic N) is 5. The van der Waals surface area contributed by atoms with Crippen LogP contribution in [0.15, 0.2) is 12.3 Å². The molecule has 4 rings (SSSR count). The van der Waals surface area contributed by atoms with E-state index in [1.807, 2.05) is 6.92 Å². The molecule has 0 bridgehead atoms. The van der Waals surface area contributed by atoms with Gasteiger partial charge < -0.3 is 9.64 Å². The van der Waals surface area contributed by atoms with Gasteiger partial charge in [-0.25, -0.2) is 15.0 Å². The molecule has 1 N–H and O–H groups in total. The first-order chi connectivity index (χ1) is 11.2. The highest BCUT2D eigenvalue weighted by Gasteiger charge is 2.31. The summed E-state index contributed by atoms with van der Waals surface area (Å²) in [6.07, 6.45) is 3.59. The third-order valence-electron chi connectivity index (χ3n) is 4.09. The first-order valence-electron chi connectivity index (χ1n) is 7.83. The van der Waals surface area contributed by atoms with Crippen molar-refractivity contribution >= 4 is 5.91 Å². The van der Waals surface area contributed by atoms with Crippen LogP contribution in [0.1, 0.15) is 52.8 Å². The molecule has 0 radical (unpaired) electrons. The zero-order valence-corrected chi connectivity index (χ0v) is 12.9. The summed E-state index contributed by atoms with van der Waals surface area (Å²) < 4.78 is 5.69. The molecule has 0 spiro atoms. The fraction of sp³-hybridized carbons (Fsp3) is 0.533. The Morgan fingerprint density at radius 1 is 1.35 bits per heavy atom. The molecule has 120 valence electrons. The lowest BCUT2D eigenvalue weighted by molar-refractivity contribution is -0.0268. The van der Waals surface area contributed by atoms with Gasteiger partial charge in [-0.3, -0.25) is 9.89 Å². The molecule has 2 aromatic heterocycles. The largest absolute Gasteiger partial charge is 0.366 e. The summed E-state index contributed by atoms with van der Waals surface area (Å²) in [5, 5.41) is 6.93. The Morgan fingerprint density at radius 3 is 2.96 bits per heavy atom. The number of H-pyrrole nitrogens is 1. The molecule has 1 saturated carbocycles. The lowest BCUT2D eigenvalue weighted by Gasteiger charge is -2.31. The minimum absolute atomic E-state index is 0.0881. The quantitative estimate of drug-likeness (QED) is 0.907. The van der Waals surface area contributed by atoms with Gasteiger partial charge in [0.2, 0.25) is 0 Å². The van der Waals surface area contributed by atoms with Gasteiger partial charge in [0, 0.05) is 18.7 Å². The SMILES string of the molecule is Cc1nc([C@@H]2CN(C(=O)c3ccnc(C4CC4)n3)CCO2)n[nH]1. The van der Waals surface area contributed by atoms with E-state index in [4.69, 9.17) is 4.74 Å². The fourth-order valence-corrected chi connectivity index (χ4v) is 2.69. The Labute approximate surface area is 133 Å². The Morgan fingerprint density at radius 2 is 2.22 bits per heavy atom. The van der Waals surface area contributed by atoms with Gasteiger partial charge in [-0.15, -0.1) is 0 Å². The molecular formula is C15H18N6O2. The number of hydrogen-bond acceptors (Lipinski definition) is 6. The van der Waals surface area contributed by atoms with Crippen molar-refractivity contribution in [2.75, 3.05) is 19.7 Å². The van der Waals surface area contributed by atoms with E-state index in [9.17, 15) is 4.79 Å². The highest BCUT2D eigenvalue weighted by Crippen LogP contribution is 2.37. The van der Waals surface area contributed by atoms with Gasteiger partial charge in [0.1, 0.15) is 23.4 Å². The fourth-order valence-electron chi connectivity index (χ4n) is 2.69. The molecule has 2 fully saturated rings. The summed E-state index contributed by atoms with van der Waals surface area (Å²) in [5.41, 5.74) is 0.453. The highest BCUT2D eigenvalue weighted by molar-refractivity contribution is 5.92. The van der Waals surface area contributed by atoms with Crippen molar-refractivity contribution in [1.29, 1.82) is 0 Å². The van der Waals surface area contributed by atoms with E-state index in [0.717, 1.165) is 24.5 Å². The molecule has 1 amide bonds. The molecule has 2 aliphatic rings. The maximum Gasteiger partial charge on any atom is 0.272 e. The number of carbonyl (C=O) groups is 1. The Balaban J connectivity index is 1.50. The molecule has 1 saturated heterocycles. The van der Waals surface area contributed by atoms with Crippen LogP contribution < -0.4 is 0 Å². The van der Waals surface area contributed by atoms with Crippen molar-refractivity contribution in [3.63, 3.8) is 0 Å². The highest BCUT2D eigenvalue weighted by atomic mass is 16.5. The summed E-state index contributed by atoms with van der Waals surface area (Å²) in [7, 11) is 0. The summed E-state index contributed by atoms with van der Waals surface area (Å²) in [6, 6.07) is 1.68. The van der Waals surface area contributed by atoms with E-state index >= 15 is 0 Å². The van der Waals surface area contributed by atoms with Gasteiger partial charge in [0.05, 0.1) is 13.2 Å². The number of aromatic nitrogens is 5. The monoisotopic (exact) mass is 314 g/mol. The predicted molar refractivity (Wildman–Crippen MR) is 79.7 cm³/mol. The minimum atomic E-state index is -0.303. The van der Waals surface area contributed by atoms with Crippen LogP contribution >= 0.6 is 0 Å². The second-order valence-electron chi connectivity index (χ2n) is 5.96. The van der Waals surface area contributed by atoms with Crippen LogP contribution in [0.25, 0.3) is 0 Å². The zero-order chi connectivity index (χ0) is 15.8. The number of morpholine rings is 1. The number of aryl methyl sites for hydroxylation is 1. The van der Waals surface area contributed by atoms with Crippen LogP contribution in [0.5, 0.6) is 0 Å². The van der Waals surface area contributed by atoms with Crippen molar-refractivity contribution in [3.05, 3.63) is 35.4 Å². The average molecular weight is 314 g/mol. The third kappa shape index (κ3) is 2.94. The maximum absolute atomic E-state index is 12.7. The first kappa shape index (κ1) is 14.3. The summed E-state index contributed by atoms with van der Waals surface area (Å²) >= 11 is 0. The minimum Gasteiger partial charge on any atom is -0.366 e. The Hall–Kier alpha value is -2.35. The number of rotatable bonds is 3. The van der Waals surface area contributed by atoms with Crippen LogP contribution in [0.4, 0.5) is 0 Å². The van der Waals surface area contributed by atoms with Crippen LogP contribution in [0.3, 0.4) is 0 Å². The number of aromatic amines is 1. The molecule has 1 aliphatic carbocycles. The number of amides is 1. The predicted octanol–water partition coefficient (Wildman–Crippen LogP) is 0.994. The number of ether oxygens (including phenoxy) is 1. The summed E-state index contributed by atoms with van der Waals surface area (Å²) in [4.78, 5) is 27.4. The van der Waals surface area contributed by atoms with E-state index in [1.54, 1.807) is 17.2 Å². The van der Waals surface area contributed by atoms with E-state index in [2.05, 4.69) is 25.1 Å². The van der Waals surface area contributed by atoms with Crippen molar-refractivity contribution in [2.45, 2.75) is 31.8 Å². The molecule has 8 nitrogen and oxygen atoms in total. The molecule has 0 unspecified atom stereocenters. The standard InChI is InChI=1S/C15H18N6O2/c1-9-17-14(20-19-9)12-8-21(6-7-23-12)15(22)11-4-5-16-13(18-11)10-2-3-10/h4-5,10,12H,2-3,6-8H2,1H3,(H,17,19,20)/t12-/m0/s1. The van der Waals surface area contributed by atoms with Crippen LogP contribution in [-0.4, -0.2) is 55.7 Å². The van der Waals surface area contributed by atoms with Crippen molar-refractivity contribution in [2.24, 2.45) is 0 Å². The molecule has 1 atom stereocenters. The maximum atomic E-state index is 12.7. The van der Waals surface area contributed by atoms with Gasteiger partial charge in [0.15, 0.2) is 5.82 Å². The Bertz CT molecular complexity index is 726. The molecule has 23 heavy (non-hydrogen) atoms. The van der Waals surface area contributed by atoms with E-state index in [-0.39, 0.29) is 12.0 Å². The summed E-state index contributed by atoms with van der Waals surface area (Å²) in [6.45, 7) is 3.27. The number of hydrogen-bond donors (Lipinski definition) is 1. The van der Waals surface area contributed by atoms with Gasteiger partial charge in [-0.1, -0.05) is 0 Å². The van der Waals surface area contributed by atoms with Crippen LogP contribution in [0, 0.1) is 6.92 Å². The first-order valence-corrected chi connectivity index (χ1v) is 7.83. The van der Waals surface area contributed by atoms with E-state index < -0.39 is 0 Å². The van der Waals surface area contributed by atoms with Gasteiger partial charge in [0.25, 0.3) is 5.91 Å². The normalized spacial score (nSPS) is 21.4. The van der Waals surface area contributed by atoms with Crippen molar-refractivity contribution in [1.82, 2.24) is 30.0 Å². The molecular weight excluding hydrogens is 296 g/mol. The molecule has 2 aromatic rings. The van der Waals surface area contributed by atoms with Crippen molar-refractivity contribution < 1.29 is 9.53 Å². The van der Waals surface area contributed by atoms with Gasteiger partial charge in [-0.2, -0.15) is 5.10 Å². The molecule has 1 aliphatic heterocycles. The lowest BCUT2D eigenvalue weighted by Crippen LogP contribution is -2.42. The topological polar surface area (TPSA) is 96.9 Å². The lowest BCUT2D eigenvalue weighted by atomic mass is 10.2. The average Bonchev–Trinajstić information content (AvgIpc) is 3.36. The molecule has 0 aromatic carbocycles. The summed E-state index contributed by atoms with van der Waals surface area (Å²) in [5.74, 6) is 2.44. The molecule has 8 heteroatoms.